The van der Waals surface area contributed by atoms with Gasteiger partial charge in [0.1, 0.15) is 18.0 Å². The van der Waals surface area contributed by atoms with Crippen molar-refractivity contribution in [3.05, 3.63) is 42.5 Å². The standard InChI is InChI=1S/C15H16O4/c1-15(18,9-14(16)17)10-19-13-8-4-6-11-5-2-3-7-12(11)13/h2-8,18H,9-10H2,1H3,(H,16,17). The number of hydrogen-bond acceptors (Lipinski definition) is 3. The van der Waals surface area contributed by atoms with Crippen molar-refractivity contribution < 1.29 is 19.7 Å². The van der Waals surface area contributed by atoms with Crippen molar-refractivity contribution in [3.8, 4) is 5.75 Å². The number of fused-ring (bicyclic) bond motifs is 1. The van der Waals surface area contributed by atoms with Gasteiger partial charge in [-0.3, -0.25) is 4.79 Å². The van der Waals surface area contributed by atoms with Gasteiger partial charge in [-0.1, -0.05) is 36.4 Å². The lowest BCUT2D eigenvalue weighted by molar-refractivity contribution is -0.143. The van der Waals surface area contributed by atoms with Gasteiger partial charge in [0.2, 0.25) is 0 Å². The van der Waals surface area contributed by atoms with Crippen LogP contribution < -0.4 is 4.74 Å². The summed E-state index contributed by atoms with van der Waals surface area (Å²) in [5.41, 5.74) is -1.39. The van der Waals surface area contributed by atoms with E-state index in [1.54, 1.807) is 6.07 Å². The van der Waals surface area contributed by atoms with Crippen LogP contribution in [0, 0.1) is 0 Å². The average Bonchev–Trinajstić information content (AvgIpc) is 2.35. The molecule has 0 fully saturated rings. The van der Waals surface area contributed by atoms with E-state index in [0.717, 1.165) is 10.8 Å². The Labute approximate surface area is 111 Å². The minimum Gasteiger partial charge on any atom is -0.490 e. The molecule has 4 nitrogen and oxygen atoms in total. The summed E-state index contributed by atoms with van der Waals surface area (Å²) in [6, 6.07) is 13.4. The first-order valence-electron chi connectivity index (χ1n) is 6.03. The van der Waals surface area contributed by atoms with Crippen LogP contribution >= 0.6 is 0 Å². The van der Waals surface area contributed by atoms with Gasteiger partial charge in [-0.15, -0.1) is 0 Å². The second-order valence-electron chi connectivity index (χ2n) is 4.83. The Bertz CT molecular complexity index is 584. The Kier molecular flexibility index (Phi) is 3.71. The molecule has 100 valence electrons. The second kappa shape index (κ2) is 5.28. The van der Waals surface area contributed by atoms with Crippen molar-refractivity contribution in [3.63, 3.8) is 0 Å². The molecule has 0 amide bonds. The molecule has 2 rings (SSSR count). The van der Waals surface area contributed by atoms with Gasteiger partial charge in [0, 0.05) is 5.39 Å². The molecule has 0 saturated carbocycles. The number of hydrogen-bond donors (Lipinski definition) is 2. The van der Waals surface area contributed by atoms with Crippen LogP contribution in [0.1, 0.15) is 13.3 Å². The van der Waals surface area contributed by atoms with Gasteiger partial charge in [0.25, 0.3) is 0 Å². The molecule has 2 N–H and O–H groups in total. The van der Waals surface area contributed by atoms with Crippen molar-refractivity contribution in [2.75, 3.05) is 6.61 Å². The fourth-order valence-corrected chi connectivity index (χ4v) is 1.93. The van der Waals surface area contributed by atoms with Crippen LogP contribution in [0.5, 0.6) is 5.75 Å². The number of carbonyl (C=O) groups is 1. The van der Waals surface area contributed by atoms with E-state index in [9.17, 15) is 9.90 Å². The highest BCUT2D eigenvalue weighted by Crippen LogP contribution is 2.26. The minimum atomic E-state index is -1.39. The van der Waals surface area contributed by atoms with Crippen LogP contribution in [-0.2, 0) is 4.79 Å². The molecule has 0 aliphatic rings. The highest BCUT2D eigenvalue weighted by molar-refractivity contribution is 5.88. The second-order valence-corrected chi connectivity index (χ2v) is 4.83. The number of rotatable bonds is 5. The van der Waals surface area contributed by atoms with Gasteiger partial charge in [0.15, 0.2) is 0 Å². The van der Waals surface area contributed by atoms with Gasteiger partial charge in [-0.2, -0.15) is 0 Å². The van der Waals surface area contributed by atoms with E-state index in [0.29, 0.717) is 5.75 Å². The van der Waals surface area contributed by atoms with E-state index in [1.165, 1.54) is 6.92 Å². The summed E-state index contributed by atoms with van der Waals surface area (Å²) in [6.45, 7) is 1.39. The predicted octanol–water partition coefficient (Wildman–Crippen LogP) is 2.44. The Morgan fingerprint density at radius 1 is 1.21 bits per heavy atom. The number of benzene rings is 2. The molecule has 2 aromatic carbocycles. The van der Waals surface area contributed by atoms with Crippen molar-refractivity contribution in [2.24, 2.45) is 0 Å². The summed E-state index contributed by atoms with van der Waals surface area (Å²) in [4.78, 5) is 10.6. The highest BCUT2D eigenvalue weighted by Gasteiger charge is 2.25. The van der Waals surface area contributed by atoms with Crippen LogP contribution in [0.4, 0.5) is 0 Å². The fourth-order valence-electron chi connectivity index (χ4n) is 1.93. The Balaban J connectivity index is 2.16. The van der Waals surface area contributed by atoms with Gasteiger partial charge in [0.05, 0.1) is 6.42 Å². The third-order valence-electron chi connectivity index (χ3n) is 2.82. The van der Waals surface area contributed by atoms with Crippen LogP contribution in [0.25, 0.3) is 10.8 Å². The van der Waals surface area contributed by atoms with Crippen LogP contribution in [-0.4, -0.2) is 28.4 Å². The first-order chi connectivity index (χ1) is 8.98. The topological polar surface area (TPSA) is 66.8 Å². The van der Waals surface area contributed by atoms with E-state index >= 15 is 0 Å². The number of aliphatic carboxylic acids is 1. The van der Waals surface area contributed by atoms with Gasteiger partial charge >= 0.3 is 5.97 Å². The van der Waals surface area contributed by atoms with E-state index < -0.39 is 11.6 Å². The summed E-state index contributed by atoms with van der Waals surface area (Å²) in [5, 5.41) is 20.6. The Hall–Kier alpha value is -2.07. The third kappa shape index (κ3) is 3.45. The maximum atomic E-state index is 10.6. The molecule has 0 heterocycles. The predicted molar refractivity (Wildman–Crippen MR) is 72.3 cm³/mol. The molecule has 0 saturated heterocycles. The van der Waals surface area contributed by atoms with Crippen molar-refractivity contribution >= 4 is 16.7 Å². The normalized spacial score (nSPS) is 14.0. The molecular weight excluding hydrogens is 244 g/mol. The molecule has 0 bridgehead atoms. The number of ether oxygens (including phenoxy) is 1. The monoisotopic (exact) mass is 260 g/mol. The molecule has 0 aliphatic heterocycles. The average molecular weight is 260 g/mol. The maximum Gasteiger partial charge on any atom is 0.306 e. The maximum absolute atomic E-state index is 10.6. The smallest absolute Gasteiger partial charge is 0.306 e. The molecule has 4 heteroatoms. The minimum absolute atomic E-state index is 0.0622. The zero-order valence-corrected chi connectivity index (χ0v) is 10.7. The molecule has 0 aromatic heterocycles. The van der Waals surface area contributed by atoms with Crippen molar-refractivity contribution in [1.82, 2.24) is 0 Å². The van der Waals surface area contributed by atoms with Crippen molar-refractivity contribution in [2.45, 2.75) is 18.9 Å². The first kappa shape index (κ1) is 13.4. The van der Waals surface area contributed by atoms with Gasteiger partial charge in [-0.25, -0.2) is 0 Å². The lowest BCUT2D eigenvalue weighted by atomic mass is 10.0. The quantitative estimate of drug-likeness (QED) is 0.866. The molecular formula is C15H16O4. The summed E-state index contributed by atoms with van der Waals surface area (Å²) in [7, 11) is 0. The highest BCUT2D eigenvalue weighted by atomic mass is 16.5. The lowest BCUT2D eigenvalue weighted by Crippen LogP contribution is -2.34. The van der Waals surface area contributed by atoms with E-state index in [-0.39, 0.29) is 13.0 Å². The Morgan fingerprint density at radius 2 is 1.89 bits per heavy atom. The molecule has 1 atom stereocenters. The third-order valence-corrected chi connectivity index (χ3v) is 2.82. The number of carboxylic acids is 1. The zero-order chi connectivity index (χ0) is 13.9. The molecule has 0 aliphatic carbocycles. The van der Waals surface area contributed by atoms with Crippen LogP contribution in [0.15, 0.2) is 42.5 Å². The fraction of sp³-hybridized carbons (Fsp3) is 0.267. The van der Waals surface area contributed by atoms with Crippen LogP contribution in [0.3, 0.4) is 0 Å². The van der Waals surface area contributed by atoms with Crippen LogP contribution in [0.2, 0.25) is 0 Å². The molecule has 0 spiro atoms. The summed E-state index contributed by atoms with van der Waals surface area (Å²) >= 11 is 0. The molecule has 1 unspecified atom stereocenters. The zero-order valence-electron chi connectivity index (χ0n) is 10.7. The number of aliphatic hydroxyl groups is 1. The van der Waals surface area contributed by atoms with Crippen molar-refractivity contribution in [1.29, 1.82) is 0 Å². The summed E-state index contributed by atoms with van der Waals surface area (Å²) in [6.07, 6.45) is -0.349. The van der Waals surface area contributed by atoms with E-state index in [2.05, 4.69) is 0 Å². The first-order valence-corrected chi connectivity index (χ1v) is 6.03. The largest absolute Gasteiger partial charge is 0.490 e. The van der Waals surface area contributed by atoms with Gasteiger partial charge < -0.3 is 14.9 Å². The summed E-state index contributed by atoms with van der Waals surface area (Å²) < 4.78 is 5.57. The van der Waals surface area contributed by atoms with Gasteiger partial charge in [-0.05, 0) is 18.4 Å². The van der Waals surface area contributed by atoms with E-state index in [4.69, 9.17) is 9.84 Å². The molecule has 2 aromatic rings. The summed E-state index contributed by atoms with van der Waals surface area (Å²) in [5.74, 6) is -0.407. The Morgan fingerprint density at radius 3 is 2.63 bits per heavy atom. The van der Waals surface area contributed by atoms with E-state index in [1.807, 2.05) is 36.4 Å². The molecule has 0 radical (unpaired) electrons. The molecule has 19 heavy (non-hydrogen) atoms. The SMILES string of the molecule is CC(O)(COc1cccc2ccccc12)CC(=O)O. The number of carboxylic acid groups (broad SMARTS) is 1. The lowest BCUT2D eigenvalue weighted by Gasteiger charge is -2.21.